The molecule has 1 heterocycles. The Morgan fingerprint density at radius 1 is 1.10 bits per heavy atom. The number of benzene rings is 2. The van der Waals surface area contributed by atoms with E-state index in [9.17, 15) is 22.8 Å². The lowest BCUT2D eigenvalue weighted by Gasteiger charge is -2.18. The molecule has 0 radical (unpaired) electrons. The zero-order valence-corrected chi connectivity index (χ0v) is 16.8. The predicted octanol–water partition coefficient (Wildman–Crippen LogP) is 3.40. The topological polar surface area (TPSA) is 79.9 Å². The van der Waals surface area contributed by atoms with E-state index in [0.29, 0.717) is 5.69 Å². The van der Waals surface area contributed by atoms with Gasteiger partial charge in [-0.3, -0.25) is 9.59 Å². The first-order valence-electron chi connectivity index (χ1n) is 9.63. The monoisotopic (exact) mass is 437 g/mol. The Morgan fingerprint density at radius 2 is 1.84 bits per heavy atom. The van der Waals surface area contributed by atoms with E-state index in [4.69, 9.17) is 4.74 Å². The number of anilines is 2. The van der Waals surface area contributed by atoms with Crippen LogP contribution in [-0.2, 0) is 4.79 Å². The van der Waals surface area contributed by atoms with Crippen LogP contribution >= 0.6 is 0 Å². The van der Waals surface area contributed by atoms with Gasteiger partial charge in [0.25, 0.3) is 5.91 Å². The predicted molar refractivity (Wildman–Crippen MR) is 108 cm³/mol. The summed E-state index contributed by atoms with van der Waals surface area (Å²) in [7, 11) is 1.25. The van der Waals surface area contributed by atoms with E-state index in [0.717, 1.165) is 25.9 Å². The van der Waals surface area contributed by atoms with Crippen LogP contribution in [0.15, 0.2) is 36.4 Å². The lowest BCUT2D eigenvalue weighted by atomic mass is 10.2. The minimum absolute atomic E-state index is 0.0500. The summed E-state index contributed by atoms with van der Waals surface area (Å²) in [4.78, 5) is 26.3. The summed E-state index contributed by atoms with van der Waals surface area (Å²) in [5.41, 5.74) is 0.860. The van der Waals surface area contributed by atoms with Crippen molar-refractivity contribution in [3.05, 3.63) is 47.8 Å². The Bertz CT molecular complexity index is 949. The Hall–Kier alpha value is -3.43. The number of ether oxygens (including phenoxy) is 2. The highest BCUT2D eigenvalue weighted by atomic mass is 19.3. The van der Waals surface area contributed by atoms with Gasteiger partial charge in [-0.1, -0.05) is 0 Å². The molecule has 0 aliphatic carbocycles. The fraction of sp³-hybridized carbons (Fsp3) is 0.333. The second kappa shape index (κ2) is 10.1. The van der Waals surface area contributed by atoms with Crippen molar-refractivity contribution in [2.75, 3.05) is 37.0 Å². The normalized spacial score (nSPS) is 13.3. The number of amides is 2. The summed E-state index contributed by atoms with van der Waals surface area (Å²) in [5.74, 6) is -1.86. The molecule has 10 heteroatoms. The van der Waals surface area contributed by atoms with E-state index < -0.39 is 24.2 Å². The SMILES string of the molecule is COc1cc(C(=O)NCC(=O)Nc2ccc(N3CCCC3)c(F)c2)ccc1OC(F)F. The van der Waals surface area contributed by atoms with Gasteiger partial charge in [-0.25, -0.2) is 4.39 Å². The molecular weight excluding hydrogens is 415 g/mol. The summed E-state index contributed by atoms with van der Waals surface area (Å²) in [6, 6.07) is 8.11. The number of carbonyl (C=O) groups excluding carboxylic acids is 2. The largest absolute Gasteiger partial charge is 0.493 e. The number of hydrogen-bond donors (Lipinski definition) is 2. The van der Waals surface area contributed by atoms with Crippen LogP contribution in [0, 0.1) is 5.82 Å². The van der Waals surface area contributed by atoms with Crippen molar-refractivity contribution in [3.8, 4) is 11.5 Å². The van der Waals surface area contributed by atoms with Gasteiger partial charge in [0.2, 0.25) is 5.91 Å². The Balaban J connectivity index is 1.55. The van der Waals surface area contributed by atoms with Gasteiger partial charge >= 0.3 is 6.61 Å². The second-order valence-corrected chi connectivity index (χ2v) is 6.84. The van der Waals surface area contributed by atoms with Crippen LogP contribution in [0.2, 0.25) is 0 Å². The number of nitrogens with zero attached hydrogens (tertiary/aromatic N) is 1. The lowest BCUT2D eigenvalue weighted by Crippen LogP contribution is -2.32. The van der Waals surface area contributed by atoms with Crippen LogP contribution in [0.25, 0.3) is 0 Å². The number of carbonyl (C=O) groups is 2. The maximum atomic E-state index is 14.3. The molecule has 0 unspecified atom stereocenters. The summed E-state index contributed by atoms with van der Waals surface area (Å²) in [6.45, 7) is -1.80. The molecule has 0 atom stereocenters. The number of methoxy groups -OCH3 is 1. The molecule has 2 amide bonds. The third kappa shape index (κ3) is 5.80. The molecule has 31 heavy (non-hydrogen) atoms. The van der Waals surface area contributed by atoms with Gasteiger partial charge in [0.05, 0.1) is 19.3 Å². The summed E-state index contributed by atoms with van der Waals surface area (Å²) < 4.78 is 48.3. The maximum Gasteiger partial charge on any atom is 0.387 e. The highest BCUT2D eigenvalue weighted by Gasteiger charge is 2.17. The van der Waals surface area contributed by atoms with Gasteiger partial charge in [-0.05, 0) is 49.2 Å². The molecule has 2 aromatic rings. The van der Waals surface area contributed by atoms with Crippen molar-refractivity contribution in [2.45, 2.75) is 19.5 Å². The van der Waals surface area contributed by atoms with Crippen LogP contribution in [0.4, 0.5) is 24.5 Å². The van der Waals surface area contributed by atoms with Crippen LogP contribution in [0.5, 0.6) is 11.5 Å². The molecule has 0 aromatic heterocycles. The lowest BCUT2D eigenvalue weighted by molar-refractivity contribution is -0.115. The van der Waals surface area contributed by atoms with Crippen LogP contribution in [0.3, 0.4) is 0 Å². The molecule has 1 fully saturated rings. The average Bonchev–Trinajstić information content (AvgIpc) is 3.26. The molecule has 166 valence electrons. The molecule has 7 nitrogen and oxygen atoms in total. The first-order valence-corrected chi connectivity index (χ1v) is 9.63. The highest BCUT2D eigenvalue weighted by Crippen LogP contribution is 2.29. The number of rotatable bonds is 8. The minimum atomic E-state index is -3.04. The summed E-state index contributed by atoms with van der Waals surface area (Å²) in [5, 5.41) is 4.92. The molecule has 1 saturated heterocycles. The Morgan fingerprint density at radius 3 is 2.48 bits per heavy atom. The number of halogens is 3. The fourth-order valence-electron chi connectivity index (χ4n) is 3.27. The van der Waals surface area contributed by atoms with Crippen molar-refractivity contribution < 1.29 is 32.2 Å². The molecule has 2 aromatic carbocycles. The number of alkyl halides is 2. The highest BCUT2D eigenvalue weighted by molar-refractivity contribution is 5.99. The van der Waals surface area contributed by atoms with Crippen molar-refractivity contribution in [1.29, 1.82) is 0 Å². The zero-order chi connectivity index (χ0) is 22.4. The molecular formula is C21H22F3N3O4. The number of hydrogen-bond acceptors (Lipinski definition) is 5. The van der Waals surface area contributed by atoms with E-state index in [1.807, 2.05) is 4.90 Å². The van der Waals surface area contributed by atoms with Crippen molar-refractivity contribution in [2.24, 2.45) is 0 Å². The quantitative estimate of drug-likeness (QED) is 0.662. The molecule has 1 aliphatic heterocycles. The van der Waals surface area contributed by atoms with Crippen molar-refractivity contribution in [3.63, 3.8) is 0 Å². The summed E-state index contributed by atoms with van der Waals surface area (Å²) >= 11 is 0. The standard InChI is InChI=1S/C21H22F3N3O4/c1-30-18-10-13(4-7-17(18)31-21(23)24)20(29)25-12-19(28)26-14-5-6-16(15(22)11-14)27-8-2-3-9-27/h4-7,10-11,21H,2-3,8-9,12H2,1H3,(H,25,29)(H,26,28). The smallest absolute Gasteiger partial charge is 0.387 e. The first-order chi connectivity index (χ1) is 14.9. The zero-order valence-electron chi connectivity index (χ0n) is 16.8. The van der Waals surface area contributed by atoms with E-state index >= 15 is 0 Å². The Kier molecular flexibility index (Phi) is 7.22. The fourth-order valence-corrected chi connectivity index (χ4v) is 3.27. The second-order valence-electron chi connectivity index (χ2n) is 6.84. The van der Waals surface area contributed by atoms with Gasteiger partial charge < -0.3 is 25.0 Å². The molecule has 3 rings (SSSR count). The van der Waals surface area contributed by atoms with Gasteiger partial charge in [0.15, 0.2) is 11.5 Å². The number of nitrogens with one attached hydrogen (secondary N) is 2. The van der Waals surface area contributed by atoms with Crippen molar-refractivity contribution >= 4 is 23.2 Å². The molecule has 2 N–H and O–H groups in total. The van der Waals surface area contributed by atoms with Gasteiger partial charge in [0, 0.05) is 24.3 Å². The van der Waals surface area contributed by atoms with Gasteiger partial charge in [-0.2, -0.15) is 8.78 Å². The van der Waals surface area contributed by atoms with E-state index in [2.05, 4.69) is 15.4 Å². The average molecular weight is 437 g/mol. The molecule has 1 aliphatic rings. The van der Waals surface area contributed by atoms with Gasteiger partial charge in [0.1, 0.15) is 5.82 Å². The summed E-state index contributed by atoms with van der Waals surface area (Å²) in [6.07, 6.45) is 2.04. The van der Waals surface area contributed by atoms with E-state index in [1.165, 1.54) is 31.4 Å². The van der Waals surface area contributed by atoms with Crippen LogP contribution < -0.4 is 25.0 Å². The first kappa shape index (κ1) is 22.3. The third-order valence-electron chi connectivity index (χ3n) is 4.73. The molecule has 0 saturated carbocycles. The van der Waals surface area contributed by atoms with Crippen LogP contribution in [0.1, 0.15) is 23.2 Å². The maximum absolute atomic E-state index is 14.3. The minimum Gasteiger partial charge on any atom is -0.493 e. The van der Waals surface area contributed by atoms with E-state index in [1.54, 1.807) is 12.1 Å². The molecule has 0 bridgehead atoms. The van der Waals surface area contributed by atoms with Crippen molar-refractivity contribution in [1.82, 2.24) is 5.32 Å². The van der Waals surface area contributed by atoms with Gasteiger partial charge in [-0.15, -0.1) is 0 Å². The van der Waals surface area contributed by atoms with Crippen LogP contribution in [-0.4, -0.2) is 45.2 Å². The third-order valence-corrected chi connectivity index (χ3v) is 4.73. The molecule has 0 spiro atoms. The Labute approximate surface area is 177 Å². The van der Waals surface area contributed by atoms with E-state index in [-0.39, 0.29) is 29.3 Å².